The second-order valence-corrected chi connectivity index (χ2v) is 14.8. The van der Waals surface area contributed by atoms with Crippen molar-refractivity contribution in [2.24, 2.45) is 17.8 Å². The van der Waals surface area contributed by atoms with E-state index in [0.717, 1.165) is 49.0 Å². The number of ether oxygens (including phenoxy) is 1. The van der Waals surface area contributed by atoms with Crippen LogP contribution in [0, 0.1) is 17.8 Å². The maximum atomic E-state index is 14.1. The molecule has 0 spiro atoms. The van der Waals surface area contributed by atoms with Crippen LogP contribution in [-0.2, 0) is 0 Å². The third kappa shape index (κ3) is 9.64. The summed E-state index contributed by atoms with van der Waals surface area (Å²) in [6.45, 7) is 9.19. The van der Waals surface area contributed by atoms with Crippen molar-refractivity contribution in [1.29, 1.82) is 0 Å². The van der Waals surface area contributed by atoms with E-state index >= 15 is 0 Å². The maximum Gasteiger partial charge on any atom is 0.416 e. The monoisotopic (exact) mass is 706 g/mol. The van der Waals surface area contributed by atoms with E-state index in [1.165, 1.54) is 32.2 Å². The Morgan fingerprint density at radius 3 is 2.34 bits per heavy atom. The van der Waals surface area contributed by atoms with Crippen molar-refractivity contribution in [3.63, 3.8) is 0 Å². The molecule has 0 amide bonds. The Labute approximate surface area is 283 Å². The Morgan fingerprint density at radius 2 is 1.77 bits per heavy atom. The highest BCUT2D eigenvalue weighted by atomic mass is 35.5. The minimum atomic E-state index is -4.94. The smallest absolute Gasteiger partial charge is 0.416 e. The van der Waals surface area contributed by atoms with Crippen LogP contribution in [0.15, 0.2) is 59.1 Å². The molecule has 4 atom stereocenters. The number of allylic oxidation sites excluding steroid dienone is 5. The molecule has 0 N–H and O–H groups in total. The summed E-state index contributed by atoms with van der Waals surface area (Å²) in [7, 11) is 0. The molecule has 0 radical (unpaired) electrons. The summed E-state index contributed by atoms with van der Waals surface area (Å²) < 4.78 is 90.0. The predicted octanol–water partition coefficient (Wildman–Crippen LogP) is 9.38. The molecule has 13 heteroatoms. The Kier molecular flexibility index (Phi) is 12.3. The van der Waals surface area contributed by atoms with Gasteiger partial charge in [-0.25, -0.2) is 9.97 Å². The van der Waals surface area contributed by atoms with Gasteiger partial charge in [-0.15, -0.1) is 11.6 Å². The molecule has 0 saturated heterocycles. The Bertz CT molecular complexity index is 1340. The zero-order valence-electron chi connectivity index (χ0n) is 27.6. The summed E-state index contributed by atoms with van der Waals surface area (Å²) in [5.74, 6) is -0.480. The number of alkyl halides is 7. The Morgan fingerprint density at radius 1 is 1.11 bits per heavy atom. The van der Waals surface area contributed by atoms with Crippen LogP contribution in [0.25, 0.3) is 0 Å². The van der Waals surface area contributed by atoms with Gasteiger partial charge >= 0.3 is 12.4 Å². The van der Waals surface area contributed by atoms with Gasteiger partial charge in [0.2, 0.25) is 5.95 Å². The molecular weight excluding hydrogens is 662 g/mol. The molecule has 5 nitrogen and oxygen atoms in total. The molecule has 1 heterocycles. The summed E-state index contributed by atoms with van der Waals surface area (Å²) in [5.41, 5.74) is -0.601. The summed E-state index contributed by atoms with van der Waals surface area (Å²) in [4.78, 5) is 12.4. The standard InChI is InChI=1S/C34H45ClF6N4OS/c1-6-44(20-24-9-7-8-10-24)30-17-32(4,35)12-11-25(30)21-45(31-42-18-27(19-43-31)46-13-14-47-5)23(3)28-15-26(33(36,37)38)16-29(22(28)2)34(39,40)41/h11-12,15-16,18-19,22-24,28H,6-10,13-14,17,20-21H2,1-5H3. The van der Waals surface area contributed by atoms with Gasteiger partial charge < -0.3 is 14.5 Å². The number of anilines is 1. The average molecular weight is 707 g/mol. The fourth-order valence-electron chi connectivity index (χ4n) is 6.81. The number of hydrogen-bond donors (Lipinski definition) is 0. The topological polar surface area (TPSA) is 41.5 Å². The molecule has 0 aliphatic heterocycles. The molecule has 4 unspecified atom stereocenters. The molecule has 3 aliphatic carbocycles. The first-order chi connectivity index (χ1) is 22.0. The molecule has 1 aromatic heterocycles. The van der Waals surface area contributed by atoms with Gasteiger partial charge in [-0.3, -0.25) is 0 Å². The van der Waals surface area contributed by atoms with Gasteiger partial charge in [0.15, 0.2) is 5.75 Å². The quantitative estimate of drug-likeness (QED) is 0.116. The zero-order chi connectivity index (χ0) is 34.6. The van der Waals surface area contributed by atoms with Crippen LogP contribution >= 0.6 is 23.4 Å². The molecule has 1 saturated carbocycles. The van der Waals surface area contributed by atoms with E-state index in [2.05, 4.69) is 21.8 Å². The number of rotatable bonds is 13. The fraction of sp³-hybridized carbons (Fsp3) is 0.647. The molecule has 0 aromatic carbocycles. The third-order valence-electron chi connectivity index (χ3n) is 9.46. The number of aromatic nitrogens is 2. The minimum Gasteiger partial charge on any atom is -0.489 e. The minimum absolute atomic E-state index is 0.164. The van der Waals surface area contributed by atoms with Crippen LogP contribution < -0.4 is 9.64 Å². The highest BCUT2D eigenvalue weighted by Crippen LogP contribution is 2.45. The van der Waals surface area contributed by atoms with E-state index in [1.54, 1.807) is 23.6 Å². The molecule has 1 fully saturated rings. The lowest BCUT2D eigenvalue weighted by Crippen LogP contribution is -2.45. The van der Waals surface area contributed by atoms with E-state index in [-0.39, 0.29) is 18.6 Å². The van der Waals surface area contributed by atoms with Crippen molar-refractivity contribution >= 4 is 29.3 Å². The van der Waals surface area contributed by atoms with Crippen LogP contribution in [0.5, 0.6) is 5.75 Å². The highest BCUT2D eigenvalue weighted by Gasteiger charge is 2.47. The van der Waals surface area contributed by atoms with Crippen LogP contribution in [-0.4, -0.2) is 76.4 Å². The second-order valence-electron chi connectivity index (χ2n) is 13.0. The maximum absolute atomic E-state index is 14.1. The van der Waals surface area contributed by atoms with Gasteiger partial charge in [0.1, 0.15) is 0 Å². The van der Waals surface area contributed by atoms with Gasteiger partial charge in [0, 0.05) is 55.0 Å². The van der Waals surface area contributed by atoms with Gasteiger partial charge in [-0.2, -0.15) is 38.1 Å². The number of halogens is 7. The van der Waals surface area contributed by atoms with Crippen molar-refractivity contribution in [3.05, 3.63) is 59.1 Å². The lowest BCUT2D eigenvalue weighted by molar-refractivity contribution is -0.105. The van der Waals surface area contributed by atoms with E-state index in [0.29, 0.717) is 24.7 Å². The summed E-state index contributed by atoms with van der Waals surface area (Å²) in [5, 5.41) is 0. The average Bonchev–Trinajstić information content (AvgIpc) is 3.51. The molecule has 0 bridgehead atoms. The van der Waals surface area contributed by atoms with Crippen molar-refractivity contribution in [1.82, 2.24) is 14.9 Å². The van der Waals surface area contributed by atoms with E-state index in [4.69, 9.17) is 16.3 Å². The Hall–Kier alpha value is -2.34. The lowest BCUT2D eigenvalue weighted by Gasteiger charge is -2.41. The van der Waals surface area contributed by atoms with E-state index < -0.39 is 46.3 Å². The zero-order valence-corrected chi connectivity index (χ0v) is 29.2. The molecule has 1 aromatic rings. The number of nitrogens with zero attached hydrogens (tertiary/aromatic N) is 4. The largest absolute Gasteiger partial charge is 0.489 e. The van der Waals surface area contributed by atoms with Gasteiger partial charge in [0.05, 0.1) is 29.4 Å². The van der Waals surface area contributed by atoms with Gasteiger partial charge in [0.25, 0.3) is 0 Å². The molecule has 262 valence electrons. The Balaban J connectivity index is 1.78. The van der Waals surface area contributed by atoms with E-state index in [1.807, 2.05) is 25.3 Å². The van der Waals surface area contributed by atoms with Crippen molar-refractivity contribution in [2.75, 3.05) is 43.1 Å². The number of thioether (sulfide) groups is 1. The van der Waals surface area contributed by atoms with Crippen LogP contribution in [0.1, 0.15) is 59.8 Å². The van der Waals surface area contributed by atoms with E-state index in [9.17, 15) is 26.3 Å². The molecule has 3 aliphatic rings. The second kappa shape index (κ2) is 15.5. The predicted molar refractivity (Wildman–Crippen MR) is 178 cm³/mol. The van der Waals surface area contributed by atoms with Crippen LogP contribution in [0.3, 0.4) is 0 Å². The first kappa shape index (κ1) is 37.5. The third-order valence-corrected chi connectivity index (χ3v) is 10.3. The molecule has 4 rings (SSSR count). The number of hydrogen-bond acceptors (Lipinski definition) is 6. The summed E-state index contributed by atoms with van der Waals surface area (Å²) >= 11 is 8.48. The summed E-state index contributed by atoms with van der Waals surface area (Å²) in [6.07, 6.45) is 5.30. The first-order valence-electron chi connectivity index (χ1n) is 16.2. The SMILES string of the molecule is CCN(CC1CCCC1)C1=C(CN(c2ncc(OCCSC)cn2)C(C)C2C=C(C(F)(F)F)C=C(C(F)(F)F)C2C)C=CC(C)(Cl)C1. The van der Waals surface area contributed by atoms with Gasteiger partial charge in [-0.05, 0) is 63.4 Å². The summed E-state index contributed by atoms with van der Waals surface area (Å²) in [6, 6.07) is -0.854. The lowest BCUT2D eigenvalue weighted by atomic mass is 9.76. The van der Waals surface area contributed by atoms with Crippen LogP contribution in [0.2, 0.25) is 0 Å². The molecular formula is C34H45ClF6N4OS. The van der Waals surface area contributed by atoms with Gasteiger partial charge in [-0.1, -0.05) is 38.0 Å². The normalized spacial score (nSPS) is 24.7. The van der Waals surface area contributed by atoms with Crippen molar-refractivity contribution < 1.29 is 31.1 Å². The van der Waals surface area contributed by atoms with Crippen molar-refractivity contribution in [3.8, 4) is 5.75 Å². The highest BCUT2D eigenvalue weighted by molar-refractivity contribution is 7.98. The van der Waals surface area contributed by atoms with Crippen molar-refractivity contribution in [2.45, 2.75) is 83.1 Å². The first-order valence-corrected chi connectivity index (χ1v) is 17.9. The fourth-order valence-corrected chi connectivity index (χ4v) is 7.25. The molecule has 47 heavy (non-hydrogen) atoms. The van der Waals surface area contributed by atoms with Crippen LogP contribution in [0.4, 0.5) is 32.3 Å².